The Labute approximate surface area is 173 Å². The zero-order valence-electron chi connectivity index (χ0n) is 16.4. The molecule has 0 atom stereocenters. The molecule has 0 spiro atoms. The lowest BCUT2D eigenvalue weighted by atomic mass is 10.1. The quantitative estimate of drug-likeness (QED) is 0.682. The second kappa shape index (κ2) is 8.98. The number of rotatable bonds is 5. The maximum atomic E-state index is 13.3. The van der Waals surface area contributed by atoms with Crippen LogP contribution < -0.4 is 10.2 Å². The van der Waals surface area contributed by atoms with Gasteiger partial charge in [0.1, 0.15) is 23.0 Å². The molecule has 154 valence electrons. The first-order chi connectivity index (χ1) is 14.6. The van der Waals surface area contributed by atoms with Gasteiger partial charge in [-0.3, -0.25) is 4.79 Å². The molecule has 1 aliphatic rings. The van der Waals surface area contributed by atoms with Gasteiger partial charge >= 0.3 is 0 Å². The van der Waals surface area contributed by atoms with Crippen molar-refractivity contribution in [2.75, 3.05) is 18.0 Å². The fourth-order valence-corrected chi connectivity index (χ4v) is 3.50. The molecule has 3 aromatic rings. The lowest BCUT2D eigenvalue weighted by molar-refractivity contribution is 0.0950. The standard InChI is InChI=1S/C23H22F2N4O/c24-18-8-4-16(5-9-18)14-27-23(30)20-15-26-21(17-6-10-19(25)11-7-17)28-22(20)29-12-2-1-3-13-29/h4-11,15H,1-3,12-14H2,(H,27,30). The van der Waals surface area contributed by atoms with Crippen molar-refractivity contribution < 1.29 is 13.6 Å². The number of benzene rings is 2. The van der Waals surface area contributed by atoms with Gasteiger partial charge < -0.3 is 10.2 Å². The first-order valence-electron chi connectivity index (χ1n) is 10.0. The summed E-state index contributed by atoms with van der Waals surface area (Å²) in [6.45, 7) is 1.91. The molecule has 2 aromatic carbocycles. The summed E-state index contributed by atoms with van der Waals surface area (Å²) in [6.07, 6.45) is 4.74. The minimum absolute atomic E-state index is 0.276. The molecule has 0 radical (unpaired) electrons. The smallest absolute Gasteiger partial charge is 0.256 e. The van der Waals surface area contributed by atoms with Crippen LogP contribution in [0.15, 0.2) is 54.7 Å². The number of nitrogens with zero attached hydrogens (tertiary/aromatic N) is 3. The maximum absolute atomic E-state index is 13.3. The minimum Gasteiger partial charge on any atom is -0.356 e. The Morgan fingerprint density at radius 1 is 0.933 bits per heavy atom. The molecule has 0 bridgehead atoms. The monoisotopic (exact) mass is 408 g/mol. The fraction of sp³-hybridized carbons (Fsp3) is 0.261. The van der Waals surface area contributed by atoms with Gasteiger partial charge in [0.2, 0.25) is 0 Å². The van der Waals surface area contributed by atoms with E-state index in [1.807, 2.05) is 0 Å². The third-order valence-electron chi connectivity index (χ3n) is 5.14. The Morgan fingerprint density at radius 2 is 1.57 bits per heavy atom. The molecule has 1 amide bonds. The van der Waals surface area contributed by atoms with Crippen LogP contribution in [0.25, 0.3) is 11.4 Å². The average Bonchev–Trinajstić information content (AvgIpc) is 2.79. The molecule has 1 N–H and O–H groups in total. The summed E-state index contributed by atoms with van der Waals surface area (Å²) in [6, 6.07) is 12.0. The number of carbonyl (C=O) groups is 1. The summed E-state index contributed by atoms with van der Waals surface area (Å²) >= 11 is 0. The van der Waals surface area contributed by atoms with Crippen molar-refractivity contribution in [3.05, 3.63) is 77.5 Å². The number of hydrogen-bond donors (Lipinski definition) is 1. The van der Waals surface area contributed by atoms with E-state index >= 15 is 0 Å². The van der Waals surface area contributed by atoms with Crippen LogP contribution >= 0.6 is 0 Å². The summed E-state index contributed by atoms with van der Waals surface area (Å²) in [5, 5.41) is 2.86. The van der Waals surface area contributed by atoms with Crippen molar-refractivity contribution in [1.82, 2.24) is 15.3 Å². The van der Waals surface area contributed by atoms with Crippen LogP contribution in [0.3, 0.4) is 0 Å². The van der Waals surface area contributed by atoms with Gasteiger partial charge in [0.05, 0.1) is 0 Å². The van der Waals surface area contributed by atoms with E-state index in [4.69, 9.17) is 0 Å². The van der Waals surface area contributed by atoms with E-state index in [-0.39, 0.29) is 24.1 Å². The largest absolute Gasteiger partial charge is 0.356 e. The molecular formula is C23H22F2N4O. The normalized spacial score (nSPS) is 13.9. The Kier molecular flexibility index (Phi) is 5.97. The number of amides is 1. The topological polar surface area (TPSA) is 58.1 Å². The Bertz CT molecular complexity index is 1020. The molecule has 0 saturated carbocycles. The predicted molar refractivity (Wildman–Crippen MR) is 111 cm³/mol. The minimum atomic E-state index is -0.327. The molecule has 1 fully saturated rings. The van der Waals surface area contributed by atoms with Gasteiger partial charge in [-0.2, -0.15) is 0 Å². The first-order valence-corrected chi connectivity index (χ1v) is 10.0. The van der Waals surface area contributed by atoms with Crippen molar-refractivity contribution in [2.24, 2.45) is 0 Å². The van der Waals surface area contributed by atoms with E-state index in [2.05, 4.69) is 20.2 Å². The summed E-state index contributed by atoms with van der Waals surface area (Å²) in [5.74, 6) is 0.103. The summed E-state index contributed by atoms with van der Waals surface area (Å²) in [4.78, 5) is 24.0. The van der Waals surface area contributed by atoms with E-state index in [1.54, 1.807) is 24.3 Å². The van der Waals surface area contributed by atoms with Crippen molar-refractivity contribution in [1.29, 1.82) is 0 Å². The molecular weight excluding hydrogens is 386 g/mol. The summed E-state index contributed by atoms with van der Waals surface area (Å²) < 4.78 is 26.3. The summed E-state index contributed by atoms with van der Waals surface area (Å²) in [7, 11) is 0. The lowest BCUT2D eigenvalue weighted by Gasteiger charge is -2.29. The van der Waals surface area contributed by atoms with E-state index in [0.29, 0.717) is 22.8 Å². The number of anilines is 1. The molecule has 0 unspecified atom stereocenters. The highest BCUT2D eigenvalue weighted by molar-refractivity contribution is 5.98. The molecule has 0 aliphatic carbocycles. The zero-order valence-corrected chi connectivity index (χ0v) is 16.4. The van der Waals surface area contributed by atoms with Crippen molar-refractivity contribution in [2.45, 2.75) is 25.8 Å². The number of carbonyl (C=O) groups excluding carboxylic acids is 1. The number of nitrogens with one attached hydrogen (secondary N) is 1. The molecule has 1 saturated heterocycles. The number of aromatic nitrogens is 2. The maximum Gasteiger partial charge on any atom is 0.256 e. The molecule has 4 rings (SSSR count). The highest BCUT2D eigenvalue weighted by Crippen LogP contribution is 2.25. The Morgan fingerprint density at radius 3 is 2.23 bits per heavy atom. The van der Waals surface area contributed by atoms with Crippen LogP contribution in [-0.2, 0) is 6.54 Å². The third kappa shape index (κ3) is 4.62. The van der Waals surface area contributed by atoms with Crippen molar-refractivity contribution >= 4 is 11.7 Å². The lowest BCUT2D eigenvalue weighted by Crippen LogP contribution is -2.33. The fourth-order valence-electron chi connectivity index (χ4n) is 3.50. The van der Waals surface area contributed by atoms with Crippen LogP contribution in [0, 0.1) is 11.6 Å². The second-order valence-corrected chi connectivity index (χ2v) is 7.29. The summed E-state index contributed by atoms with van der Waals surface area (Å²) in [5.41, 5.74) is 1.88. The number of halogens is 2. The van der Waals surface area contributed by atoms with Crippen LogP contribution in [0.4, 0.5) is 14.6 Å². The van der Waals surface area contributed by atoms with Crippen LogP contribution in [-0.4, -0.2) is 29.0 Å². The zero-order chi connectivity index (χ0) is 20.9. The predicted octanol–water partition coefficient (Wildman–Crippen LogP) is 4.34. The van der Waals surface area contributed by atoms with Gasteiger partial charge in [-0.1, -0.05) is 12.1 Å². The molecule has 1 aliphatic heterocycles. The average molecular weight is 408 g/mol. The highest BCUT2D eigenvalue weighted by atomic mass is 19.1. The van der Waals surface area contributed by atoms with E-state index in [9.17, 15) is 13.6 Å². The number of piperidine rings is 1. The van der Waals surface area contributed by atoms with Gasteiger partial charge in [-0.05, 0) is 61.2 Å². The second-order valence-electron chi connectivity index (χ2n) is 7.29. The highest BCUT2D eigenvalue weighted by Gasteiger charge is 2.22. The van der Waals surface area contributed by atoms with E-state index in [1.165, 1.54) is 30.5 Å². The molecule has 1 aromatic heterocycles. The molecule has 30 heavy (non-hydrogen) atoms. The van der Waals surface area contributed by atoms with Crippen LogP contribution in [0.2, 0.25) is 0 Å². The van der Waals surface area contributed by atoms with Crippen molar-refractivity contribution in [3.8, 4) is 11.4 Å². The molecule has 5 nitrogen and oxygen atoms in total. The van der Waals surface area contributed by atoms with E-state index < -0.39 is 0 Å². The van der Waals surface area contributed by atoms with Crippen LogP contribution in [0.5, 0.6) is 0 Å². The number of hydrogen-bond acceptors (Lipinski definition) is 4. The first kappa shape index (κ1) is 19.9. The van der Waals surface area contributed by atoms with Gasteiger partial charge in [0.25, 0.3) is 5.91 Å². The van der Waals surface area contributed by atoms with Crippen molar-refractivity contribution in [3.63, 3.8) is 0 Å². The molecule has 7 heteroatoms. The van der Waals surface area contributed by atoms with Gasteiger partial charge in [0.15, 0.2) is 5.82 Å². The Hall–Kier alpha value is -3.35. The van der Waals surface area contributed by atoms with Gasteiger partial charge in [0, 0.05) is 31.4 Å². The van der Waals surface area contributed by atoms with E-state index in [0.717, 1.165) is 37.9 Å². The van der Waals surface area contributed by atoms with Gasteiger partial charge in [-0.15, -0.1) is 0 Å². The third-order valence-corrected chi connectivity index (χ3v) is 5.14. The van der Waals surface area contributed by atoms with Crippen LogP contribution in [0.1, 0.15) is 35.2 Å². The van der Waals surface area contributed by atoms with Gasteiger partial charge in [-0.25, -0.2) is 18.7 Å². The SMILES string of the molecule is O=C(NCc1ccc(F)cc1)c1cnc(-c2ccc(F)cc2)nc1N1CCCCC1. The Balaban J connectivity index is 1.60. The molecule has 2 heterocycles.